The summed E-state index contributed by atoms with van der Waals surface area (Å²) in [6, 6.07) is 13.6. The van der Waals surface area contributed by atoms with Gasteiger partial charge >= 0.3 is 0 Å². The monoisotopic (exact) mass is 346 g/mol. The quantitative estimate of drug-likeness (QED) is 0.925. The molecule has 4 nitrogen and oxygen atoms in total. The van der Waals surface area contributed by atoms with Gasteiger partial charge in [-0.25, -0.2) is 0 Å². The van der Waals surface area contributed by atoms with Crippen molar-refractivity contribution in [2.75, 3.05) is 23.9 Å². The Hall–Kier alpha value is -2.01. The number of hydrogen-bond acceptors (Lipinski definition) is 3. The van der Waals surface area contributed by atoms with Crippen LogP contribution in [-0.4, -0.2) is 19.6 Å². The minimum atomic E-state index is 0.0587. The van der Waals surface area contributed by atoms with E-state index in [0.717, 1.165) is 27.2 Å². The van der Waals surface area contributed by atoms with E-state index in [9.17, 15) is 4.79 Å². The van der Waals surface area contributed by atoms with Crippen molar-refractivity contribution in [2.24, 2.45) is 0 Å². The van der Waals surface area contributed by atoms with Crippen LogP contribution >= 0.6 is 15.9 Å². The molecule has 3 rings (SSSR count). The SMILES string of the molecule is COc1ccc(Br)c(CN2C(=O)CNc3ccccc32)c1. The molecule has 1 aliphatic rings. The highest BCUT2D eigenvalue weighted by molar-refractivity contribution is 9.10. The van der Waals surface area contributed by atoms with Crippen molar-refractivity contribution in [3.8, 4) is 5.75 Å². The number of fused-ring (bicyclic) bond motifs is 1. The second-order valence-corrected chi connectivity index (χ2v) is 5.66. The Kier molecular flexibility index (Phi) is 3.84. The maximum atomic E-state index is 12.2. The molecule has 108 valence electrons. The van der Waals surface area contributed by atoms with Gasteiger partial charge in [0.15, 0.2) is 0 Å². The standard InChI is InChI=1S/C16H15BrN2O2/c1-21-12-6-7-13(17)11(8-12)10-19-15-5-3-2-4-14(15)18-9-16(19)20/h2-8,18H,9-10H2,1H3. The van der Waals surface area contributed by atoms with Gasteiger partial charge in [0.05, 0.1) is 31.6 Å². The summed E-state index contributed by atoms with van der Waals surface area (Å²) in [5.74, 6) is 0.840. The predicted molar refractivity (Wildman–Crippen MR) is 86.8 cm³/mol. The van der Waals surface area contributed by atoms with Crippen LogP contribution in [0, 0.1) is 0 Å². The first kappa shape index (κ1) is 13.9. The van der Waals surface area contributed by atoms with E-state index in [1.54, 1.807) is 12.0 Å². The summed E-state index contributed by atoms with van der Waals surface area (Å²) >= 11 is 3.54. The van der Waals surface area contributed by atoms with E-state index in [2.05, 4.69) is 21.2 Å². The van der Waals surface area contributed by atoms with Crippen molar-refractivity contribution in [2.45, 2.75) is 6.54 Å². The number of nitrogens with one attached hydrogen (secondary N) is 1. The lowest BCUT2D eigenvalue weighted by Gasteiger charge is -2.30. The highest BCUT2D eigenvalue weighted by Crippen LogP contribution is 2.32. The molecule has 0 fully saturated rings. The van der Waals surface area contributed by atoms with Crippen LogP contribution in [0.25, 0.3) is 0 Å². The summed E-state index contributed by atoms with van der Waals surface area (Å²) in [5.41, 5.74) is 2.90. The van der Waals surface area contributed by atoms with Crippen molar-refractivity contribution in [3.63, 3.8) is 0 Å². The van der Waals surface area contributed by atoms with Gasteiger partial charge < -0.3 is 15.0 Å². The topological polar surface area (TPSA) is 41.6 Å². The number of para-hydroxylation sites is 2. The molecule has 0 aromatic heterocycles. The largest absolute Gasteiger partial charge is 0.497 e. The number of amides is 1. The molecular weight excluding hydrogens is 332 g/mol. The molecule has 21 heavy (non-hydrogen) atoms. The van der Waals surface area contributed by atoms with Gasteiger partial charge in [0.25, 0.3) is 0 Å². The Bertz CT molecular complexity index is 688. The minimum absolute atomic E-state index is 0.0587. The second kappa shape index (κ2) is 5.77. The van der Waals surface area contributed by atoms with E-state index < -0.39 is 0 Å². The van der Waals surface area contributed by atoms with E-state index >= 15 is 0 Å². The maximum absolute atomic E-state index is 12.2. The number of anilines is 2. The number of nitrogens with zero attached hydrogens (tertiary/aromatic N) is 1. The first-order chi connectivity index (χ1) is 10.2. The van der Waals surface area contributed by atoms with E-state index in [1.807, 2.05) is 42.5 Å². The molecule has 0 radical (unpaired) electrons. The van der Waals surface area contributed by atoms with Gasteiger partial charge in [-0.05, 0) is 35.9 Å². The van der Waals surface area contributed by atoms with Crippen molar-refractivity contribution < 1.29 is 9.53 Å². The van der Waals surface area contributed by atoms with Crippen LogP contribution in [0.5, 0.6) is 5.75 Å². The summed E-state index contributed by atoms with van der Waals surface area (Å²) in [4.78, 5) is 14.0. The highest BCUT2D eigenvalue weighted by atomic mass is 79.9. The fourth-order valence-electron chi connectivity index (χ4n) is 2.40. The van der Waals surface area contributed by atoms with Crippen LogP contribution in [0.1, 0.15) is 5.56 Å². The van der Waals surface area contributed by atoms with Crippen molar-refractivity contribution in [3.05, 3.63) is 52.5 Å². The van der Waals surface area contributed by atoms with E-state index in [-0.39, 0.29) is 5.91 Å². The summed E-state index contributed by atoms with van der Waals surface area (Å²) < 4.78 is 6.22. The molecule has 2 aromatic rings. The van der Waals surface area contributed by atoms with Crippen molar-refractivity contribution in [1.29, 1.82) is 0 Å². The summed E-state index contributed by atoms with van der Waals surface area (Å²) in [5, 5.41) is 3.14. The summed E-state index contributed by atoms with van der Waals surface area (Å²) in [6.07, 6.45) is 0. The molecule has 0 bridgehead atoms. The zero-order valence-corrected chi connectivity index (χ0v) is 13.2. The summed E-state index contributed by atoms with van der Waals surface area (Å²) in [7, 11) is 1.64. The third-order valence-electron chi connectivity index (χ3n) is 3.51. The molecular formula is C16H15BrN2O2. The molecule has 1 N–H and O–H groups in total. The lowest BCUT2D eigenvalue weighted by Crippen LogP contribution is -2.39. The Morgan fingerprint density at radius 1 is 1.29 bits per heavy atom. The third-order valence-corrected chi connectivity index (χ3v) is 4.28. The van der Waals surface area contributed by atoms with Gasteiger partial charge in [0.2, 0.25) is 5.91 Å². The van der Waals surface area contributed by atoms with Crippen LogP contribution < -0.4 is 15.0 Å². The molecule has 5 heteroatoms. The number of carbonyl (C=O) groups excluding carboxylic acids is 1. The fraction of sp³-hybridized carbons (Fsp3) is 0.188. The van der Waals surface area contributed by atoms with Crippen LogP contribution in [0.15, 0.2) is 46.9 Å². The average molecular weight is 347 g/mol. The molecule has 1 amide bonds. The van der Waals surface area contributed by atoms with Crippen LogP contribution in [0.3, 0.4) is 0 Å². The van der Waals surface area contributed by atoms with Crippen molar-refractivity contribution in [1.82, 2.24) is 0 Å². The Labute approximate surface area is 131 Å². The summed E-state index contributed by atoms with van der Waals surface area (Å²) in [6.45, 7) is 0.827. The van der Waals surface area contributed by atoms with Gasteiger partial charge in [0, 0.05) is 4.47 Å². The molecule has 0 saturated carbocycles. The smallest absolute Gasteiger partial charge is 0.246 e. The molecule has 0 unspecified atom stereocenters. The minimum Gasteiger partial charge on any atom is -0.497 e. The third kappa shape index (κ3) is 2.74. The molecule has 0 saturated heterocycles. The molecule has 0 spiro atoms. The van der Waals surface area contributed by atoms with Gasteiger partial charge in [-0.2, -0.15) is 0 Å². The molecule has 1 aliphatic heterocycles. The fourth-order valence-corrected chi connectivity index (χ4v) is 2.77. The first-order valence-corrected chi connectivity index (χ1v) is 7.44. The van der Waals surface area contributed by atoms with Crippen molar-refractivity contribution >= 4 is 33.2 Å². The van der Waals surface area contributed by atoms with Crippen LogP contribution in [0.2, 0.25) is 0 Å². The number of ether oxygens (including phenoxy) is 1. The number of carbonyl (C=O) groups is 1. The predicted octanol–water partition coefficient (Wildman–Crippen LogP) is 3.42. The number of halogens is 1. The zero-order chi connectivity index (χ0) is 14.8. The number of rotatable bonds is 3. The Balaban J connectivity index is 1.96. The average Bonchev–Trinajstić information content (AvgIpc) is 2.52. The number of hydrogen-bond donors (Lipinski definition) is 1. The van der Waals surface area contributed by atoms with Crippen LogP contribution in [0.4, 0.5) is 11.4 Å². The zero-order valence-electron chi connectivity index (χ0n) is 11.6. The lowest BCUT2D eigenvalue weighted by atomic mass is 10.1. The van der Waals surface area contributed by atoms with E-state index in [1.165, 1.54) is 0 Å². The Morgan fingerprint density at radius 2 is 2.10 bits per heavy atom. The van der Waals surface area contributed by atoms with Gasteiger partial charge in [-0.3, -0.25) is 4.79 Å². The Morgan fingerprint density at radius 3 is 2.90 bits per heavy atom. The van der Waals surface area contributed by atoms with E-state index in [4.69, 9.17) is 4.74 Å². The van der Waals surface area contributed by atoms with Crippen LogP contribution in [-0.2, 0) is 11.3 Å². The van der Waals surface area contributed by atoms with Gasteiger partial charge in [-0.15, -0.1) is 0 Å². The lowest BCUT2D eigenvalue weighted by molar-refractivity contribution is -0.117. The molecule has 0 atom stereocenters. The normalized spacial score (nSPS) is 13.6. The molecule has 2 aromatic carbocycles. The maximum Gasteiger partial charge on any atom is 0.246 e. The van der Waals surface area contributed by atoms with E-state index in [0.29, 0.717) is 13.1 Å². The molecule has 1 heterocycles. The second-order valence-electron chi connectivity index (χ2n) is 4.81. The highest BCUT2D eigenvalue weighted by Gasteiger charge is 2.24. The molecule has 0 aliphatic carbocycles. The number of benzene rings is 2. The van der Waals surface area contributed by atoms with Gasteiger partial charge in [-0.1, -0.05) is 28.1 Å². The first-order valence-electron chi connectivity index (χ1n) is 6.64. The number of methoxy groups -OCH3 is 1. The van der Waals surface area contributed by atoms with Gasteiger partial charge in [0.1, 0.15) is 5.75 Å².